The molecule has 1 aromatic carbocycles. The van der Waals surface area contributed by atoms with Crippen LogP contribution in [-0.2, 0) is 6.54 Å². The molecule has 0 saturated heterocycles. The number of rotatable bonds is 4. The van der Waals surface area contributed by atoms with E-state index in [1.54, 1.807) is 7.11 Å². The van der Waals surface area contributed by atoms with Crippen LogP contribution in [0.15, 0.2) is 42.7 Å². The highest BCUT2D eigenvalue weighted by Gasteiger charge is 1.96. The summed E-state index contributed by atoms with van der Waals surface area (Å²) in [5.41, 5.74) is 3.44. The van der Waals surface area contributed by atoms with Crippen molar-refractivity contribution in [3.63, 3.8) is 0 Å². The van der Waals surface area contributed by atoms with Crippen LogP contribution in [-0.4, -0.2) is 12.1 Å². The second kappa shape index (κ2) is 5.34. The van der Waals surface area contributed by atoms with Gasteiger partial charge in [0.1, 0.15) is 5.75 Å². The van der Waals surface area contributed by atoms with E-state index in [1.807, 2.05) is 43.6 Å². The van der Waals surface area contributed by atoms with Gasteiger partial charge in [-0.2, -0.15) is 0 Å². The maximum Gasteiger partial charge on any atom is 0.119 e. The van der Waals surface area contributed by atoms with Gasteiger partial charge < -0.3 is 10.1 Å². The van der Waals surface area contributed by atoms with Gasteiger partial charge in [-0.05, 0) is 42.3 Å². The molecule has 0 aliphatic rings. The van der Waals surface area contributed by atoms with Crippen LogP contribution >= 0.6 is 0 Å². The van der Waals surface area contributed by atoms with E-state index in [9.17, 15) is 0 Å². The third-order valence-corrected chi connectivity index (χ3v) is 2.52. The minimum absolute atomic E-state index is 0.779. The Hall–Kier alpha value is -2.03. The molecule has 0 fully saturated rings. The van der Waals surface area contributed by atoms with Gasteiger partial charge >= 0.3 is 0 Å². The third-order valence-electron chi connectivity index (χ3n) is 2.52. The number of aryl methyl sites for hydroxylation is 1. The number of anilines is 1. The number of methoxy groups -OCH3 is 1. The summed E-state index contributed by atoms with van der Waals surface area (Å²) in [7, 11) is 1.67. The normalized spacial score (nSPS) is 10.0. The van der Waals surface area contributed by atoms with E-state index in [0.29, 0.717) is 0 Å². The molecule has 0 aliphatic carbocycles. The van der Waals surface area contributed by atoms with Crippen LogP contribution < -0.4 is 10.1 Å². The molecular weight excluding hydrogens is 212 g/mol. The Kier molecular flexibility index (Phi) is 3.60. The van der Waals surface area contributed by atoms with Crippen molar-refractivity contribution >= 4 is 5.69 Å². The number of ether oxygens (including phenoxy) is 1. The van der Waals surface area contributed by atoms with Crippen LogP contribution in [0.5, 0.6) is 5.75 Å². The predicted octanol–water partition coefficient (Wildman–Crippen LogP) is 3.01. The summed E-state index contributed by atoms with van der Waals surface area (Å²) in [6.07, 6.45) is 3.74. The second-order valence-electron chi connectivity index (χ2n) is 3.95. The maximum absolute atomic E-state index is 5.11. The Labute approximate surface area is 101 Å². The topological polar surface area (TPSA) is 34.1 Å². The Morgan fingerprint density at radius 1 is 1.18 bits per heavy atom. The monoisotopic (exact) mass is 228 g/mol. The highest BCUT2D eigenvalue weighted by atomic mass is 16.5. The molecule has 0 radical (unpaired) electrons. The molecule has 0 unspecified atom stereocenters. The fourth-order valence-corrected chi connectivity index (χ4v) is 1.63. The molecule has 0 amide bonds. The van der Waals surface area contributed by atoms with E-state index in [-0.39, 0.29) is 0 Å². The molecule has 88 valence electrons. The maximum atomic E-state index is 5.11. The molecule has 1 aromatic heterocycles. The quantitative estimate of drug-likeness (QED) is 0.873. The Balaban J connectivity index is 1.97. The van der Waals surface area contributed by atoms with Crippen molar-refractivity contribution in [2.75, 3.05) is 12.4 Å². The summed E-state index contributed by atoms with van der Waals surface area (Å²) in [5.74, 6) is 0.868. The fourth-order valence-electron chi connectivity index (χ4n) is 1.63. The first kappa shape index (κ1) is 11.5. The molecule has 2 aromatic rings. The standard InChI is InChI=1S/C14H16N2O/c1-11-7-12(9-15-8-11)10-16-13-3-5-14(17-2)6-4-13/h3-9,16H,10H2,1-2H3. The Morgan fingerprint density at radius 3 is 2.59 bits per heavy atom. The molecule has 0 atom stereocenters. The fraction of sp³-hybridized carbons (Fsp3) is 0.214. The predicted molar refractivity (Wildman–Crippen MR) is 69.3 cm³/mol. The minimum atomic E-state index is 0.779. The Morgan fingerprint density at radius 2 is 1.94 bits per heavy atom. The van der Waals surface area contributed by atoms with Gasteiger partial charge in [0.15, 0.2) is 0 Å². The van der Waals surface area contributed by atoms with Gasteiger partial charge in [-0.15, -0.1) is 0 Å². The summed E-state index contributed by atoms with van der Waals surface area (Å²) >= 11 is 0. The van der Waals surface area contributed by atoms with Crippen molar-refractivity contribution in [3.8, 4) is 5.75 Å². The van der Waals surface area contributed by atoms with Crippen LogP contribution in [0.25, 0.3) is 0 Å². The molecule has 3 nitrogen and oxygen atoms in total. The lowest BCUT2D eigenvalue weighted by Gasteiger charge is -2.07. The lowest BCUT2D eigenvalue weighted by Crippen LogP contribution is -2.00. The first-order valence-corrected chi connectivity index (χ1v) is 5.56. The zero-order chi connectivity index (χ0) is 12.1. The van der Waals surface area contributed by atoms with Crippen LogP contribution in [0.3, 0.4) is 0 Å². The van der Waals surface area contributed by atoms with Gasteiger partial charge in [-0.25, -0.2) is 0 Å². The molecule has 17 heavy (non-hydrogen) atoms. The summed E-state index contributed by atoms with van der Waals surface area (Å²) in [5, 5.41) is 3.34. The van der Waals surface area contributed by atoms with Gasteiger partial charge in [0.05, 0.1) is 7.11 Å². The molecule has 0 aliphatic heterocycles. The number of pyridine rings is 1. The van der Waals surface area contributed by atoms with E-state index in [2.05, 4.69) is 16.4 Å². The molecule has 2 rings (SSSR count). The Bertz CT molecular complexity index is 480. The highest BCUT2D eigenvalue weighted by Crippen LogP contribution is 2.15. The van der Waals surface area contributed by atoms with E-state index in [1.165, 1.54) is 11.1 Å². The van der Waals surface area contributed by atoms with Crippen molar-refractivity contribution in [2.45, 2.75) is 13.5 Å². The molecule has 0 spiro atoms. The van der Waals surface area contributed by atoms with Gasteiger partial charge in [0.25, 0.3) is 0 Å². The number of benzene rings is 1. The summed E-state index contributed by atoms with van der Waals surface area (Å²) < 4.78 is 5.11. The minimum Gasteiger partial charge on any atom is -0.497 e. The average Bonchev–Trinajstić information content (AvgIpc) is 2.37. The lowest BCUT2D eigenvalue weighted by molar-refractivity contribution is 0.415. The van der Waals surface area contributed by atoms with E-state index >= 15 is 0 Å². The van der Waals surface area contributed by atoms with Crippen LogP contribution in [0, 0.1) is 6.92 Å². The van der Waals surface area contributed by atoms with Crippen LogP contribution in [0.4, 0.5) is 5.69 Å². The van der Waals surface area contributed by atoms with Crippen molar-refractivity contribution in [2.24, 2.45) is 0 Å². The average molecular weight is 228 g/mol. The van der Waals surface area contributed by atoms with Crippen LogP contribution in [0.1, 0.15) is 11.1 Å². The first-order valence-electron chi connectivity index (χ1n) is 5.56. The van der Waals surface area contributed by atoms with E-state index in [4.69, 9.17) is 4.74 Å². The molecular formula is C14H16N2O. The van der Waals surface area contributed by atoms with Gasteiger partial charge in [0.2, 0.25) is 0 Å². The largest absolute Gasteiger partial charge is 0.497 e. The van der Waals surface area contributed by atoms with Gasteiger partial charge in [0, 0.05) is 24.6 Å². The summed E-state index contributed by atoms with van der Waals surface area (Å²) in [6.45, 7) is 2.82. The number of nitrogens with one attached hydrogen (secondary N) is 1. The molecule has 1 N–H and O–H groups in total. The van der Waals surface area contributed by atoms with Gasteiger partial charge in [-0.1, -0.05) is 6.07 Å². The lowest BCUT2D eigenvalue weighted by atomic mass is 10.2. The van der Waals surface area contributed by atoms with Gasteiger partial charge in [-0.3, -0.25) is 4.98 Å². The van der Waals surface area contributed by atoms with Crippen molar-refractivity contribution in [3.05, 3.63) is 53.9 Å². The molecule has 0 bridgehead atoms. The number of hydrogen-bond acceptors (Lipinski definition) is 3. The van der Waals surface area contributed by atoms with E-state index in [0.717, 1.165) is 18.0 Å². The second-order valence-corrected chi connectivity index (χ2v) is 3.95. The number of hydrogen-bond donors (Lipinski definition) is 1. The van der Waals surface area contributed by atoms with E-state index < -0.39 is 0 Å². The van der Waals surface area contributed by atoms with Crippen molar-refractivity contribution in [1.29, 1.82) is 0 Å². The van der Waals surface area contributed by atoms with Crippen molar-refractivity contribution < 1.29 is 4.74 Å². The first-order chi connectivity index (χ1) is 8.28. The molecule has 3 heteroatoms. The zero-order valence-corrected chi connectivity index (χ0v) is 10.1. The SMILES string of the molecule is COc1ccc(NCc2cncc(C)c2)cc1. The number of nitrogens with zero attached hydrogens (tertiary/aromatic N) is 1. The highest BCUT2D eigenvalue weighted by molar-refractivity contribution is 5.46. The van der Waals surface area contributed by atoms with Crippen LogP contribution in [0.2, 0.25) is 0 Å². The third kappa shape index (κ3) is 3.21. The molecule has 1 heterocycles. The zero-order valence-electron chi connectivity index (χ0n) is 10.1. The summed E-state index contributed by atoms with van der Waals surface area (Å²) in [4.78, 5) is 4.16. The smallest absolute Gasteiger partial charge is 0.119 e. The summed E-state index contributed by atoms with van der Waals surface area (Å²) in [6, 6.07) is 10.0. The number of aromatic nitrogens is 1. The van der Waals surface area contributed by atoms with Crippen molar-refractivity contribution in [1.82, 2.24) is 4.98 Å². The molecule has 0 saturated carbocycles.